The number of nitrogens with one attached hydrogen (secondary N) is 1. The van der Waals surface area contributed by atoms with E-state index in [2.05, 4.69) is 46.9 Å². The van der Waals surface area contributed by atoms with Gasteiger partial charge >= 0.3 is 0 Å². The third kappa shape index (κ3) is 4.23. The number of hydrogen-bond donors (Lipinski definition) is 1. The maximum absolute atomic E-state index is 4.45. The summed E-state index contributed by atoms with van der Waals surface area (Å²) in [7, 11) is 0. The minimum atomic E-state index is 0.862. The molecule has 0 atom stereocenters. The summed E-state index contributed by atoms with van der Waals surface area (Å²) in [5.74, 6) is 0.890. The molecule has 23 heavy (non-hydrogen) atoms. The van der Waals surface area contributed by atoms with Gasteiger partial charge < -0.3 is 9.88 Å². The Kier molecular flexibility index (Phi) is 5.50. The van der Waals surface area contributed by atoms with Gasteiger partial charge in [-0.3, -0.25) is 4.98 Å². The van der Waals surface area contributed by atoms with Crippen LogP contribution in [0.3, 0.4) is 0 Å². The molecule has 1 aliphatic rings. The maximum Gasteiger partial charge on any atom is 0.0647 e. The summed E-state index contributed by atoms with van der Waals surface area (Å²) in [6.07, 6.45) is 8.97. The van der Waals surface area contributed by atoms with Crippen LogP contribution in [0.1, 0.15) is 54.7 Å². The lowest BCUT2D eigenvalue weighted by molar-refractivity contribution is 0.342. The molecule has 3 heteroatoms. The summed E-state index contributed by atoms with van der Waals surface area (Å²) >= 11 is 0. The van der Waals surface area contributed by atoms with Crippen molar-refractivity contribution in [3.63, 3.8) is 0 Å². The number of nitrogens with zero attached hydrogens (tertiary/aromatic N) is 2. The summed E-state index contributed by atoms with van der Waals surface area (Å²) in [6.45, 7) is 7.44. The van der Waals surface area contributed by atoms with Crippen LogP contribution < -0.4 is 5.32 Å². The molecule has 0 aromatic carbocycles. The van der Waals surface area contributed by atoms with Crippen molar-refractivity contribution in [3.8, 4) is 0 Å². The fourth-order valence-electron chi connectivity index (χ4n) is 3.75. The lowest BCUT2D eigenvalue weighted by Crippen LogP contribution is -2.24. The molecule has 0 spiro atoms. The molecule has 0 unspecified atom stereocenters. The van der Waals surface area contributed by atoms with Gasteiger partial charge in [-0.25, -0.2) is 0 Å². The molecule has 0 aliphatic heterocycles. The smallest absolute Gasteiger partial charge is 0.0647 e. The first-order valence-electron chi connectivity index (χ1n) is 9.00. The normalized spacial score (nSPS) is 15.9. The van der Waals surface area contributed by atoms with Gasteiger partial charge in [0.15, 0.2) is 0 Å². The van der Waals surface area contributed by atoms with Crippen molar-refractivity contribution in [3.05, 3.63) is 53.1 Å². The Morgan fingerprint density at radius 2 is 2.00 bits per heavy atom. The highest BCUT2D eigenvalue weighted by Gasteiger charge is 2.14. The van der Waals surface area contributed by atoms with Crippen molar-refractivity contribution in [1.29, 1.82) is 0 Å². The number of aryl methyl sites for hydroxylation is 1. The molecular weight excluding hydrogens is 282 g/mol. The standard InChI is InChI=1S/C20H29N3/c1-16-12-19(14-21-13-18-8-4-3-5-9-18)17(2)23(16)15-20-10-6-7-11-22-20/h6-7,10-12,18,21H,3-5,8-9,13-15H2,1-2H3. The molecule has 2 aromatic heterocycles. The third-order valence-corrected chi connectivity index (χ3v) is 5.20. The highest BCUT2D eigenvalue weighted by molar-refractivity contribution is 5.27. The summed E-state index contributed by atoms with van der Waals surface area (Å²) < 4.78 is 2.37. The van der Waals surface area contributed by atoms with Crippen LogP contribution in [0.5, 0.6) is 0 Å². The van der Waals surface area contributed by atoms with E-state index in [0.717, 1.165) is 24.7 Å². The molecule has 0 amide bonds. The lowest BCUT2D eigenvalue weighted by Gasteiger charge is -2.21. The van der Waals surface area contributed by atoms with Gasteiger partial charge in [-0.2, -0.15) is 0 Å². The Labute approximate surface area is 140 Å². The van der Waals surface area contributed by atoms with Gasteiger partial charge in [-0.05, 0) is 62.9 Å². The van der Waals surface area contributed by atoms with E-state index in [1.807, 2.05) is 12.3 Å². The van der Waals surface area contributed by atoms with Crippen LogP contribution in [0.25, 0.3) is 0 Å². The predicted molar refractivity (Wildman–Crippen MR) is 95.5 cm³/mol. The van der Waals surface area contributed by atoms with E-state index < -0.39 is 0 Å². The molecule has 0 saturated heterocycles. The van der Waals surface area contributed by atoms with Crippen molar-refractivity contribution >= 4 is 0 Å². The largest absolute Gasteiger partial charge is 0.343 e. The minimum absolute atomic E-state index is 0.862. The van der Waals surface area contributed by atoms with E-state index in [1.54, 1.807) is 0 Å². The lowest BCUT2D eigenvalue weighted by atomic mass is 9.89. The van der Waals surface area contributed by atoms with Crippen LogP contribution in [0.2, 0.25) is 0 Å². The zero-order valence-electron chi connectivity index (χ0n) is 14.5. The first-order valence-corrected chi connectivity index (χ1v) is 9.00. The fourth-order valence-corrected chi connectivity index (χ4v) is 3.75. The second-order valence-corrected chi connectivity index (χ2v) is 6.94. The summed E-state index contributed by atoms with van der Waals surface area (Å²) in [4.78, 5) is 4.45. The second-order valence-electron chi connectivity index (χ2n) is 6.94. The quantitative estimate of drug-likeness (QED) is 0.865. The Hall–Kier alpha value is -1.61. The number of aromatic nitrogens is 2. The SMILES string of the molecule is Cc1cc(CNCC2CCCCC2)c(C)n1Cc1ccccn1. The van der Waals surface area contributed by atoms with Crippen molar-refractivity contribution in [2.75, 3.05) is 6.54 Å². The molecule has 1 N–H and O–H groups in total. The van der Waals surface area contributed by atoms with E-state index >= 15 is 0 Å². The molecule has 0 radical (unpaired) electrons. The average molecular weight is 311 g/mol. The van der Waals surface area contributed by atoms with E-state index in [-0.39, 0.29) is 0 Å². The maximum atomic E-state index is 4.45. The van der Waals surface area contributed by atoms with Gasteiger partial charge in [-0.15, -0.1) is 0 Å². The molecule has 2 aromatic rings. The summed E-state index contributed by atoms with van der Waals surface area (Å²) in [5, 5.41) is 3.69. The zero-order valence-corrected chi connectivity index (χ0v) is 14.5. The summed E-state index contributed by atoms with van der Waals surface area (Å²) in [6, 6.07) is 8.45. The van der Waals surface area contributed by atoms with Gasteiger partial charge in [0.1, 0.15) is 0 Å². The second kappa shape index (κ2) is 7.78. The van der Waals surface area contributed by atoms with Gasteiger partial charge in [0.25, 0.3) is 0 Å². The third-order valence-electron chi connectivity index (χ3n) is 5.20. The van der Waals surface area contributed by atoms with E-state index in [9.17, 15) is 0 Å². The fraction of sp³-hybridized carbons (Fsp3) is 0.550. The number of hydrogen-bond acceptors (Lipinski definition) is 2. The minimum Gasteiger partial charge on any atom is -0.343 e. The number of pyridine rings is 1. The van der Waals surface area contributed by atoms with Crippen LogP contribution >= 0.6 is 0 Å². The molecule has 1 saturated carbocycles. The Balaban J connectivity index is 1.59. The van der Waals surface area contributed by atoms with Crippen molar-refractivity contribution in [2.24, 2.45) is 5.92 Å². The Morgan fingerprint density at radius 3 is 2.74 bits per heavy atom. The van der Waals surface area contributed by atoms with Gasteiger partial charge in [0.05, 0.1) is 12.2 Å². The van der Waals surface area contributed by atoms with Crippen molar-refractivity contribution < 1.29 is 0 Å². The van der Waals surface area contributed by atoms with Crippen LogP contribution in [-0.4, -0.2) is 16.1 Å². The van der Waals surface area contributed by atoms with Gasteiger partial charge in [0, 0.05) is 24.1 Å². The predicted octanol–water partition coefficient (Wildman–Crippen LogP) is 4.22. The molecule has 3 rings (SSSR count). The van der Waals surface area contributed by atoms with Crippen LogP contribution in [0.15, 0.2) is 30.5 Å². The molecular formula is C20H29N3. The van der Waals surface area contributed by atoms with Crippen LogP contribution in [0, 0.1) is 19.8 Å². The molecule has 2 heterocycles. The molecule has 3 nitrogen and oxygen atoms in total. The van der Waals surface area contributed by atoms with Crippen LogP contribution in [0.4, 0.5) is 0 Å². The van der Waals surface area contributed by atoms with Gasteiger partial charge in [-0.1, -0.05) is 25.3 Å². The van der Waals surface area contributed by atoms with E-state index in [1.165, 1.54) is 55.6 Å². The molecule has 1 fully saturated rings. The monoisotopic (exact) mass is 311 g/mol. The molecule has 1 aliphatic carbocycles. The van der Waals surface area contributed by atoms with E-state index in [4.69, 9.17) is 0 Å². The topological polar surface area (TPSA) is 29.9 Å². The molecule has 124 valence electrons. The Morgan fingerprint density at radius 1 is 1.17 bits per heavy atom. The average Bonchev–Trinajstić information content (AvgIpc) is 2.85. The van der Waals surface area contributed by atoms with Crippen molar-refractivity contribution in [2.45, 2.75) is 59.0 Å². The number of rotatable bonds is 6. The summed E-state index contributed by atoms with van der Waals surface area (Å²) in [5.41, 5.74) is 5.23. The highest BCUT2D eigenvalue weighted by Crippen LogP contribution is 2.23. The first kappa shape index (κ1) is 16.3. The highest BCUT2D eigenvalue weighted by atomic mass is 15.0. The van der Waals surface area contributed by atoms with Crippen molar-refractivity contribution in [1.82, 2.24) is 14.9 Å². The van der Waals surface area contributed by atoms with E-state index in [0.29, 0.717) is 0 Å². The zero-order chi connectivity index (χ0) is 16.1. The van der Waals surface area contributed by atoms with Gasteiger partial charge in [0.2, 0.25) is 0 Å². The first-order chi connectivity index (χ1) is 11.2. The Bertz CT molecular complexity index is 609. The molecule has 0 bridgehead atoms. The van der Waals surface area contributed by atoms with Crippen LogP contribution in [-0.2, 0) is 13.1 Å².